The normalized spacial score (nSPS) is 15.4. The SMILES string of the molecule is Cn1ncc(C(C)(O)c2cccs2)n1. The van der Waals surface area contributed by atoms with Crippen molar-refractivity contribution < 1.29 is 5.11 Å². The van der Waals surface area contributed by atoms with Gasteiger partial charge in [-0.3, -0.25) is 0 Å². The topological polar surface area (TPSA) is 50.9 Å². The van der Waals surface area contributed by atoms with E-state index in [0.717, 1.165) is 4.88 Å². The fourth-order valence-corrected chi connectivity index (χ4v) is 2.05. The molecule has 0 saturated heterocycles. The first kappa shape index (κ1) is 9.36. The Hall–Kier alpha value is -1.20. The van der Waals surface area contributed by atoms with Crippen LogP contribution in [0.3, 0.4) is 0 Å². The van der Waals surface area contributed by atoms with Gasteiger partial charge in [0.1, 0.15) is 11.3 Å². The van der Waals surface area contributed by atoms with E-state index in [-0.39, 0.29) is 0 Å². The molecule has 0 bridgehead atoms. The Morgan fingerprint density at radius 3 is 2.86 bits per heavy atom. The van der Waals surface area contributed by atoms with Crippen molar-refractivity contribution in [2.75, 3.05) is 0 Å². The minimum absolute atomic E-state index is 0.572. The van der Waals surface area contributed by atoms with Crippen LogP contribution in [0.15, 0.2) is 23.7 Å². The van der Waals surface area contributed by atoms with Crippen molar-refractivity contribution in [2.45, 2.75) is 12.5 Å². The summed E-state index contributed by atoms with van der Waals surface area (Å²) in [7, 11) is 1.73. The zero-order valence-corrected chi connectivity index (χ0v) is 8.82. The number of nitrogens with zero attached hydrogens (tertiary/aromatic N) is 3. The second-order valence-corrected chi connectivity index (χ2v) is 4.22. The van der Waals surface area contributed by atoms with Crippen LogP contribution < -0.4 is 0 Å². The van der Waals surface area contributed by atoms with Gasteiger partial charge < -0.3 is 5.11 Å². The monoisotopic (exact) mass is 209 g/mol. The maximum atomic E-state index is 10.3. The Morgan fingerprint density at radius 2 is 2.36 bits per heavy atom. The molecule has 0 aliphatic heterocycles. The van der Waals surface area contributed by atoms with Gasteiger partial charge >= 0.3 is 0 Å². The largest absolute Gasteiger partial charge is 0.378 e. The quantitative estimate of drug-likeness (QED) is 0.806. The molecule has 2 aromatic rings. The molecule has 2 heterocycles. The molecule has 0 aliphatic carbocycles. The molecule has 0 spiro atoms. The van der Waals surface area contributed by atoms with Gasteiger partial charge in [-0.2, -0.15) is 15.0 Å². The van der Waals surface area contributed by atoms with Gasteiger partial charge in [0, 0.05) is 11.9 Å². The van der Waals surface area contributed by atoms with Crippen molar-refractivity contribution in [3.8, 4) is 0 Å². The van der Waals surface area contributed by atoms with E-state index in [2.05, 4.69) is 10.2 Å². The number of aryl methyl sites for hydroxylation is 1. The van der Waals surface area contributed by atoms with E-state index in [4.69, 9.17) is 0 Å². The maximum Gasteiger partial charge on any atom is 0.141 e. The number of thiophene rings is 1. The van der Waals surface area contributed by atoms with Crippen LogP contribution in [0.2, 0.25) is 0 Å². The average molecular weight is 209 g/mol. The van der Waals surface area contributed by atoms with Crippen molar-refractivity contribution in [3.05, 3.63) is 34.3 Å². The molecule has 1 N–H and O–H groups in total. The summed E-state index contributed by atoms with van der Waals surface area (Å²) in [4.78, 5) is 2.32. The van der Waals surface area contributed by atoms with Gasteiger partial charge in [0.2, 0.25) is 0 Å². The van der Waals surface area contributed by atoms with Crippen molar-refractivity contribution in [1.82, 2.24) is 15.0 Å². The van der Waals surface area contributed by atoms with E-state index >= 15 is 0 Å². The number of hydrogen-bond acceptors (Lipinski definition) is 4. The Balaban J connectivity index is 2.42. The van der Waals surface area contributed by atoms with E-state index in [1.165, 1.54) is 16.1 Å². The lowest BCUT2D eigenvalue weighted by molar-refractivity contribution is 0.101. The van der Waals surface area contributed by atoms with E-state index in [9.17, 15) is 5.11 Å². The van der Waals surface area contributed by atoms with Crippen LogP contribution in [-0.4, -0.2) is 20.1 Å². The third-order valence-electron chi connectivity index (χ3n) is 2.10. The van der Waals surface area contributed by atoms with Gasteiger partial charge in [-0.25, -0.2) is 0 Å². The molecule has 1 unspecified atom stereocenters. The van der Waals surface area contributed by atoms with Crippen LogP contribution in [-0.2, 0) is 12.6 Å². The van der Waals surface area contributed by atoms with Crippen molar-refractivity contribution in [3.63, 3.8) is 0 Å². The molecule has 2 aromatic heterocycles. The summed E-state index contributed by atoms with van der Waals surface area (Å²) in [5, 5.41) is 20.2. The van der Waals surface area contributed by atoms with E-state index in [0.29, 0.717) is 5.69 Å². The highest BCUT2D eigenvalue weighted by Gasteiger charge is 2.29. The zero-order chi connectivity index (χ0) is 10.2. The third-order valence-corrected chi connectivity index (χ3v) is 3.18. The average Bonchev–Trinajstić information content (AvgIpc) is 2.72. The highest BCUT2D eigenvalue weighted by Crippen LogP contribution is 2.30. The van der Waals surface area contributed by atoms with Crippen LogP contribution >= 0.6 is 11.3 Å². The summed E-state index contributed by atoms with van der Waals surface area (Å²) in [5.41, 5.74) is -0.468. The number of aromatic nitrogens is 3. The molecule has 14 heavy (non-hydrogen) atoms. The van der Waals surface area contributed by atoms with Crippen LogP contribution in [0.5, 0.6) is 0 Å². The molecule has 74 valence electrons. The van der Waals surface area contributed by atoms with Gasteiger partial charge in [-0.1, -0.05) is 6.07 Å². The Kier molecular flexibility index (Phi) is 2.13. The Labute approximate surface area is 85.8 Å². The molecule has 5 heteroatoms. The molecular weight excluding hydrogens is 198 g/mol. The molecule has 0 radical (unpaired) electrons. The number of rotatable bonds is 2. The molecule has 1 atom stereocenters. The van der Waals surface area contributed by atoms with Crippen molar-refractivity contribution >= 4 is 11.3 Å². The van der Waals surface area contributed by atoms with E-state index in [1.54, 1.807) is 20.2 Å². The van der Waals surface area contributed by atoms with Gasteiger partial charge in [-0.05, 0) is 18.4 Å². The lowest BCUT2D eigenvalue weighted by atomic mass is 10.0. The highest BCUT2D eigenvalue weighted by atomic mass is 32.1. The standard InChI is InChI=1S/C9H11N3OS/c1-9(13,8-4-3-5-14-8)7-6-10-12(2)11-7/h3-6,13H,1-2H3. The van der Waals surface area contributed by atoms with E-state index < -0.39 is 5.60 Å². The molecule has 0 aromatic carbocycles. The summed E-state index contributed by atoms with van der Waals surface area (Å²) in [6.07, 6.45) is 1.58. The first-order valence-corrected chi connectivity index (χ1v) is 5.12. The summed E-state index contributed by atoms with van der Waals surface area (Å²) in [6, 6.07) is 3.80. The first-order chi connectivity index (χ1) is 6.60. The number of aliphatic hydroxyl groups is 1. The second kappa shape index (κ2) is 3.18. The minimum Gasteiger partial charge on any atom is -0.378 e. The number of hydrogen-bond donors (Lipinski definition) is 1. The van der Waals surface area contributed by atoms with Crippen LogP contribution in [0.1, 0.15) is 17.5 Å². The van der Waals surface area contributed by atoms with Crippen molar-refractivity contribution in [2.24, 2.45) is 7.05 Å². The van der Waals surface area contributed by atoms with Crippen LogP contribution in [0.25, 0.3) is 0 Å². The summed E-state index contributed by atoms with van der Waals surface area (Å²) < 4.78 is 0. The smallest absolute Gasteiger partial charge is 0.141 e. The molecular formula is C9H11N3OS. The Morgan fingerprint density at radius 1 is 1.57 bits per heavy atom. The predicted molar refractivity (Wildman–Crippen MR) is 54.0 cm³/mol. The van der Waals surface area contributed by atoms with E-state index in [1.807, 2.05) is 17.5 Å². The first-order valence-electron chi connectivity index (χ1n) is 4.24. The minimum atomic E-state index is -1.04. The summed E-state index contributed by atoms with van der Waals surface area (Å²) >= 11 is 1.51. The van der Waals surface area contributed by atoms with Crippen LogP contribution in [0, 0.1) is 0 Å². The Bertz CT molecular complexity index is 419. The molecule has 0 fully saturated rings. The summed E-state index contributed by atoms with van der Waals surface area (Å²) in [6.45, 7) is 1.73. The summed E-state index contributed by atoms with van der Waals surface area (Å²) in [5.74, 6) is 0. The van der Waals surface area contributed by atoms with Gasteiger partial charge in [0.25, 0.3) is 0 Å². The lowest BCUT2D eigenvalue weighted by Gasteiger charge is -2.18. The third kappa shape index (κ3) is 1.44. The molecule has 0 aliphatic rings. The second-order valence-electron chi connectivity index (χ2n) is 3.27. The molecule has 2 rings (SSSR count). The zero-order valence-electron chi connectivity index (χ0n) is 8.01. The van der Waals surface area contributed by atoms with Gasteiger partial charge in [-0.15, -0.1) is 11.3 Å². The fourth-order valence-electron chi connectivity index (χ4n) is 1.25. The van der Waals surface area contributed by atoms with Crippen molar-refractivity contribution in [1.29, 1.82) is 0 Å². The fraction of sp³-hybridized carbons (Fsp3) is 0.333. The highest BCUT2D eigenvalue weighted by molar-refractivity contribution is 7.10. The molecule has 0 saturated carbocycles. The molecule has 4 nitrogen and oxygen atoms in total. The molecule has 0 amide bonds. The maximum absolute atomic E-state index is 10.3. The van der Waals surface area contributed by atoms with Crippen LogP contribution in [0.4, 0.5) is 0 Å². The predicted octanol–water partition coefficient (Wildman–Crippen LogP) is 1.13. The van der Waals surface area contributed by atoms with Gasteiger partial charge in [0.15, 0.2) is 0 Å². The lowest BCUT2D eigenvalue weighted by Crippen LogP contribution is -2.22. The van der Waals surface area contributed by atoms with Gasteiger partial charge in [0.05, 0.1) is 6.20 Å².